The molecule has 0 radical (unpaired) electrons. The summed E-state index contributed by atoms with van der Waals surface area (Å²) in [4.78, 5) is 0.332. The summed E-state index contributed by atoms with van der Waals surface area (Å²) in [5.41, 5.74) is 6.56. The van der Waals surface area contributed by atoms with Crippen molar-refractivity contribution in [3.63, 3.8) is 0 Å². The summed E-state index contributed by atoms with van der Waals surface area (Å²) in [6.45, 7) is 5.40. The highest BCUT2D eigenvalue weighted by molar-refractivity contribution is 7.89. The Morgan fingerprint density at radius 1 is 1.15 bits per heavy atom. The van der Waals surface area contributed by atoms with Crippen molar-refractivity contribution in [2.75, 3.05) is 13.1 Å². The third-order valence-corrected chi connectivity index (χ3v) is 4.64. The lowest BCUT2D eigenvalue weighted by molar-refractivity contribution is 0.576. The molecule has 1 aromatic rings. The van der Waals surface area contributed by atoms with E-state index in [1.165, 1.54) is 5.56 Å². The maximum absolute atomic E-state index is 12.0. The summed E-state index contributed by atoms with van der Waals surface area (Å²) >= 11 is 0. The van der Waals surface area contributed by atoms with E-state index in [2.05, 4.69) is 18.6 Å². The molecule has 0 unspecified atom stereocenters. The molecule has 1 aromatic carbocycles. The molecule has 0 saturated heterocycles. The van der Waals surface area contributed by atoms with Gasteiger partial charge in [0, 0.05) is 6.54 Å². The number of rotatable bonds is 9. The fourth-order valence-electron chi connectivity index (χ4n) is 1.85. The van der Waals surface area contributed by atoms with E-state index >= 15 is 0 Å². The van der Waals surface area contributed by atoms with E-state index in [1.807, 2.05) is 12.1 Å². The second-order valence-corrected chi connectivity index (χ2v) is 7.24. The molecule has 0 aliphatic carbocycles. The van der Waals surface area contributed by atoms with E-state index in [4.69, 9.17) is 5.73 Å². The van der Waals surface area contributed by atoms with Crippen LogP contribution in [0, 0.1) is 5.92 Å². The van der Waals surface area contributed by atoms with Gasteiger partial charge in [0.25, 0.3) is 0 Å². The van der Waals surface area contributed by atoms with Gasteiger partial charge in [0.1, 0.15) is 0 Å². The molecule has 0 amide bonds. The van der Waals surface area contributed by atoms with Gasteiger partial charge in [0.05, 0.1) is 4.90 Å². The first-order chi connectivity index (χ1) is 9.45. The third-order valence-electron chi connectivity index (χ3n) is 3.17. The lowest BCUT2D eigenvalue weighted by Gasteiger charge is -2.08. The molecule has 4 nitrogen and oxygen atoms in total. The van der Waals surface area contributed by atoms with E-state index in [-0.39, 0.29) is 0 Å². The largest absolute Gasteiger partial charge is 0.330 e. The van der Waals surface area contributed by atoms with Crippen molar-refractivity contribution in [2.45, 2.75) is 44.4 Å². The molecule has 3 N–H and O–H groups in total. The topological polar surface area (TPSA) is 72.2 Å². The maximum Gasteiger partial charge on any atom is 0.240 e. The van der Waals surface area contributed by atoms with Gasteiger partial charge in [-0.2, -0.15) is 0 Å². The van der Waals surface area contributed by atoms with E-state index in [0.29, 0.717) is 23.9 Å². The van der Waals surface area contributed by atoms with Crippen molar-refractivity contribution in [3.8, 4) is 0 Å². The van der Waals surface area contributed by atoms with Crippen molar-refractivity contribution >= 4 is 10.0 Å². The minimum Gasteiger partial charge on any atom is -0.330 e. The van der Waals surface area contributed by atoms with Gasteiger partial charge in [-0.1, -0.05) is 26.0 Å². The van der Waals surface area contributed by atoms with Gasteiger partial charge < -0.3 is 5.73 Å². The monoisotopic (exact) mass is 298 g/mol. The molecule has 0 heterocycles. The molecule has 0 aliphatic rings. The van der Waals surface area contributed by atoms with Crippen molar-refractivity contribution in [2.24, 2.45) is 11.7 Å². The number of nitrogens with two attached hydrogens (primary N) is 1. The normalized spacial score (nSPS) is 12.0. The quantitative estimate of drug-likeness (QED) is 0.687. The van der Waals surface area contributed by atoms with Gasteiger partial charge in [-0.3, -0.25) is 0 Å². The Hall–Kier alpha value is -0.910. The fourth-order valence-corrected chi connectivity index (χ4v) is 2.92. The minimum atomic E-state index is -3.38. The first kappa shape index (κ1) is 17.1. The molecule has 0 aromatic heterocycles. The van der Waals surface area contributed by atoms with Gasteiger partial charge >= 0.3 is 0 Å². The van der Waals surface area contributed by atoms with E-state index in [1.54, 1.807) is 12.1 Å². The molecule has 0 bridgehead atoms. The van der Waals surface area contributed by atoms with Gasteiger partial charge in [-0.05, 0) is 55.8 Å². The molecule has 0 aliphatic heterocycles. The Morgan fingerprint density at radius 2 is 1.80 bits per heavy atom. The van der Waals surface area contributed by atoms with Crippen molar-refractivity contribution < 1.29 is 8.42 Å². The van der Waals surface area contributed by atoms with Crippen LogP contribution in [-0.4, -0.2) is 21.5 Å². The molecule has 0 atom stereocenters. The highest BCUT2D eigenvalue weighted by atomic mass is 32.2. The van der Waals surface area contributed by atoms with Gasteiger partial charge in [-0.25, -0.2) is 13.1 Å². The van der Waals surface area contributed by atoms with E-state index in [9.17, 15) is 8.42 Å². The van der Waals surface area contributed by atoms with Gasteiger partial charge in [0.15, 0.2) is 0 Å². The second kappa shape index (κ2) is 8.39. The Balaban J connectivity index is 2.57. The molecular weight excluding hydrogens is 272 g/mol. The van der Waals surface area contributed by atoms with Crippen LogP contribution in [-0.2, 0) is 16.4 Å². The molecule has 0 saturated carbocycles. The van der Waals surface area contributed by atoms with Crippen molar-refractivity contribution in [3.05, 3.63) is 29.8 Å². The first-order valence-electron chi connectivity index (χ1n) is 7.24. The molecule has 0 spiro atoms. The summed E-state index contributed by atoms with van der Waals surface area (Å²) in [5.74, 6) is 0.655. The molecular formula is C15H26N2O2S. The molecule has 20 heavy (non-hydrogen) atoms. The predicted molar refractivity (Wildman–Crippen MR) is 83.1 cm³/mol. The zero-order chi connectivity index (χ0) is 15.0. The highest BCUT2D eigenvalue weighted by Crippen LogP contribution is 2.13. The summed E-state index contributed by atoms with van der Waals surface area (Å²) in [6, 6.07) is 7.16. The molecule has 5 heteroatoms. The lowest BCUT2D eigenvalue weighted by atomic mass is 10.0. The number of unbranched alkanes of at least 4 members (excludes halogenated alkanes) is 1. The lowest BCUT2D eigenvalue weighted by Crippen LogP contribution is -2.25. The SMILES string of the molecule is CC(C)CCc1ccc(S(=O)(=O)NCCCCN)cc1. The minimum absolute atomic E-state index is 0.332. The van der Waals surface area contributed by atoms with Gasteiger partial charge in [-0.15, -0.1) is 0 Å². The highest BCUT2D eigenvalue weighted by Gasteiger charge is 2.12. The molecule has 0 fully saturated rings. The number of aryl methyl sites for hydroxylation is 1. The zero-order valence-corrected chi connectivity index (χ0v) is 13.2. The Morgan fingerprint density at radius 3 is 2.35 bits per heavy atom. The maximum atomic E-state index is 12.0. The second-order valence-electron chi connectivity index (χ2n) is 5.47. The number of nitrogens with one attached hydrogen (secondary N) is 1. The van der Waals surface area contributed by atoms with Crippen LogP contribution >= 0.6 is 0 Å². The first-order valence-corrected chi connectivity index (χ1v) is 8.72. The van der Waals surface area contributed by atoms with Crippen LogP contribution in [0.1, 0.15) is 38.7 Å². The Labute approximate surface area is 122 Å². The number of hydrogen-bond donors (Lipinski definition) is 2. The van der Waals surface area contributed by atoms with Crippen molar-refractivity contribution in [1.29, 1.82) is 0 Å². The predicted octanol–water partition coefficient (Wildman–Crippen LogP) is 2.29. The van der Waals surface area contributed by atoms with Crippen LogP contribution in [0.4, 0.5) is 0 Å². The van der Waals surface area contributed by atoms with Crippen LogP contribution in [0.15, 0.2) is 29.2 Å². The number of sulfonamides is 1. The van der Waals surface area contributed by atoms with Crippen LogP contribution < -0.4 is 10.5 Å². The van der Waals surface area contributed by atoms with Crippen molar-refractivity contribution in [1.82, 2.24) is 4.72 Å². The van der Waals surface area contributed by atoms with Crippen LogP contribution in [0.5, 0.6) is 0 Å². The van der Waals surface area contributed by atoms with Gasteiger partial charge in [0.2, 0.25) is 10.0 Å². The average molecular weight is 298 g/mol. The number of hydrogen-bond acceptors (Lipinski definition) is 3. The molecule has 1 rings (SSSR count). The smallest absolute Gasteiger partial charge is 0.240 e. The van der Waals surface area contributed by atoms with Crippen LogP contribution in [0.3, 0.4) is 0 Å². The Kier molecular flexibility index (Phi) is 7.19. The number of benzene rings is 1. The fraction of sp³-hybridized carbons (Fsp3) is 0.600. The summed E-state index contributed by atoms with van der Waals surface area (Å²) in [5, 5.41) is 0. The summed E-state index contributed by atoms with van der Waals surface area (Å²) in [6.07, 6.45) is 3.70. The van der Waals surface area contributed by atoms with Crippen LogP contribution in [0.2, 0.25) is 0 Å². The Bertz CT molecular complexity index is 481. The summed E-state index contributed by atoms with van der Waals surface area (Å²) < 4.78 is 26.7. The standard InChI is InChI=1S/C15H26N2O2S/c1-13(2)5-6-14-7-9-15(10-8-14)20(18,19)17-12-4-3-11-16/h7-10,13,17H,3-6,11-12,16H2,1-2H3. The average Bonchev–Trinajstić information content (AvgIpc) is 2.42. The molecule has 114 valence electrons. The van der Waals surface area contributed by atoms with E-state index in [0.717, 1.165) is 25.7 Å². The van der Waals surface area contributed by atoms with Crippen LogP contribution in [0.25, 0.3) is 0 Å². The van der Waals surface area contributed by atoms with E-state index < -0.39 is 10.0 Å². The zero-order valence-electron chi connectivity index (χ0n) is 12.4. The summed E-state index contributed by atoms with van der Waals surface area (Å²) in [7, 11) is -3.38. The third kappa shape index (κ3) is 6.03.